The van der Waals surface area contributed by atoms with Gasteiger partial charge in [-0.2, -0.15) is 5.26 Å². The van der Waals surface area contributed by atoms with E-state index in [1.54, 1.807) is 12.1 Å². The first-order valence-corrected chi connectivity index (χ1v) is 9.75. The van der Waals surface area contributed by atoms with Crippen molar-refractivity contribution < 1.29 is 13.2 Å². The van der Waals surface area contributed by atoms with Gasteiger partial charge >= 0.3 is 0 Å². The van der Waals surface area contributed by atoms with E-state index in [-0.39, 0.29) is 31.3 Å². The molecule has 3 rings (SSSR count). The lowest BCUT2D eigenvalue weighted by atomic mass is 10.2. The number of rotatable bonds is 5. The number of halogens is 1. The summed E-state index contributed by atoms with van der Waals surface area (Å²) >= 11 is 0. The largest absolute Gasteiger partial charge is 0.336 e. The van der Waals surface area contributed by atoms with Gasteiger partial charge in [0.15, 0.2) is 9.84 Å². The average Bonchev–Trinajstić information content (AvgIpc) is 3.17. The Kier molecular flexibility index (Phi) is 5.77. The van der Waals surface area contributed by atoms with Gasteiger partial charge in [0, 0.05) is 6.54 Å². The molecule has 1 saturated carbocycles. The molecule has 1 aromatic carbocycles. The van der Waals surface area contributed by atoms with Crippen LogP contribution in [0, 0.1) is 11.3 Å². The maximum atomic E-state index is 12.9. The molecule has 2 N–H and O–H groups in total. The second kappa shape index (κ2) is 7.32. The molecule has 1 heterocycles. The van der Waals surface area contributed by atoms with Crippen molar-refractivity contribution in [2.45, 2.75) is 54.3 Å². The third-order valence-electron chi connectivity index (χ3n) is 4.83. The molecule has 0 unspecified atom stereocenters. The van der Waals surface area contributed by atoms with Crippen LogP contribution in [0.4, 0.5) is 0 Å². The lowest BCUT2D eigenvalue weighted by molar-refractivity contribution is -0.123. The van der Waals surface area contributed by atoms with Crippen LogP contribution in [-0.2, 0) is 21.1 Å². The van der Waals surface area contributed by atoms with Crippen molar-refractivity contribution in [3.63, 3.8) is 0 Å². The molecule has 1 aliphatic carbocycles. The second-order valence-electron chi connectivity index (χ2n) is 6.51. The SMILES string of the molecule is CCc1ccccc1S(=O)(=O)[C@H]1CN[C@H](C(=O)NC2(C#N)CC2)C1.Cl. The van der Waals surface area contributed by atoms with E-state index < -0.39 is 26.7 Å². The van der Waals surface area contributed by atoms with Crippen molar-refractivity contribution in [1.29, 1.82) is 5.26 Å². The Bertz CT molecular complexity index is 800. The monoisotopic (exact) mass is 383 g/mol. The van der Waals surface area contributed by atoms with Gasteiger partial charge in [0.1, 0.15) is 5.54 Å². The zero-order chi connectivity index (χ0) is 17.4. The summed E-state index contributed by atoms with van der Waals surface area (Å²) < 4.78 is 25.8. The van der Waals surface area contributed by atoms with E-state index in [1.165, 1.54) is 0 Å². The molecule has 1 amide bonds. The average molecular weight is 384 g/mol. The molecular weight excluding hydrogens is 362 g/mol. The number of hydrogen-bond donors (Lipinski definition) is 2. The van der Waals surface area contributed by atoms with Gasteiger partial charge in [0.2, 0.25) is 5.91 Å². The third-order valence-corrected chi connectivity index (χ3v) is 7.08. The third kappa shape index (κ3) is 3.81. The smallest absolute Gasteiger partial charge is 0.238 e. The van der Waals surface area contributed by atoms with Gasteiger partial charge in [-0.25, -0.2) is 8.42 Å². The predicted octanol–water partition coefficient (Wildman–Crippen LogP) is 1.35. The minimum Gasteiger partial charge on any atom is -0.336 e. The summed E-state index contributed by atoms with van der Waals surface area (Å²) in [6, 6.07) is 8.56. The van der Waals surface area contributed by atoms with Crippen molar-refractivity contribution in [2.24, 2.45) is 0 Å². The topological polar surface area (TPSA) is 99.1 Å². The second-order valence-corrected chi connectivity index (χ2v) is 8.70. The van der Waals surface area contributed by atoms with Crippen molar-refractivity contribution in [1.82, 2.24) is 10.6 Å². The first-order chi connectivity index (χ1) is 11.4. The number of aryl methyl sites for hydroxylation is 1. The van der Waals surface area contributed by atoms with Crippen LogP contribution in [0.2, 0.25) is 0 Å². The quantitative estimate of drug-likeness (QED) is 0.799. The first-order valence-electron chi connectivity index (χ1n) is 8.20. The van der Waals surface area contributed by atoms with Crippen molar-refractivity contribution >= 4 is 28.2 Å². The molecule has 1 aliphatic heterocycles. The molecule has 6 nitrogen and oxygen atoms in total. The van der Waals surface area contributed by atoms with E-state index in [4.69, 9.17) is 5.26 Å². The number of nitrogens with zero attached hydrogens (tertiary/aromatic N) is 1. The van der Waals surface area contributed by atoms with Crippen LogP contribution < -0.4 is 10.6 Å². The number of amides is 1. The van der Waals surface area contributed by atoms with Crippen LogP contribution >= 0.6 is 12.4 Å². The van der Waals surface area contributed by atoms with Crippen LogP contribution in [0.3, 0.4) is 0 Å². The molecule has 1 aromatic rings. The Morgan fingerprint density at radius 2 is 2.08 bits per heavy atom. The molecule has 25 heavy (non-hydrogen) atoms. The molecule has 2 fully saturated rings. The first kappa shape index (κ1) is 19.7. The Morgan fingerprint density at radius 1 is 1.40 bits per heavy atom. The Morgan fingerprint density at radius 3 is 2.68 bits per heavy atom. The maximum absolute atomic E-state index is 12.9. The zero-order valence-electron chi connectivity index (χ0n) is 14.0. The summed E-state index contributed by atoms with van der Waals surface area (Å²) in [6.45, 7) is 2.17. The molecule has 0 radical (unpaired) electrons. The fourth-order valence-electron chi connectivity index (χ4n) is 3.11. The highest BCUT2D eigenvalue weighted by Gasteiger charge is 2.47. The lowest BCUT2D eigenvalue weighted by Gasteiger charge is -2.15. The Hall–Kier alpha value is -1.62. The minimum absolute atomic E-state index is 0. The van der Waals surface area contributed by atoms with E-state index in [1.807, 2.05) is 19.1 Å². The Labute approximate surface area is 154 Å². The van der Waals surface area contributed by atoms with E-state index in [2.05, 4.69) is 16.7 Å². The highest BCUT2D eigenvalue weighted by Crippen LogP contribution is 2.34. The van der Waals surface area contributed by atoms with Crippen molar-refractivity contribution in [3.05, 3.63) is 29.8 Å². The summed E-state index contributed by atoms with van der Waals surface area (Å²) in [5.41, 5.74) is 0.0664. The lowest BCUT2D eigenvalue weighted by Crippen LogP contribution is -2.45. The van der Waals surface area contributed by atoms with Crippen LogP contribution in [0.15, 0.2) is 29.2 Å². The van der Waals surface area contributed by atoms with Crippen LogP contribution in [0.1, 0.15) is 31.7 Å². The van der Waals surface area contributed by atoms with Gasteiger partial charge in [0.25, 0.3) is 0 Å². The van der Waals surface area contributed by atoms with Gasteiger partial charge in [-0.1, -0.05) is 25.1 Å². The summed E-state index contributed by atoms with van der Waals surface area (Å²) in [4.78, 5) is 12.6. The zero-order valence-corrected chi connectivity index (χ0v) is 15.6. The van der Waals surface area contributed by atoms with Crippen LogP contribution in [0.5, 0.6) is 0 Å². The van der Waals surface area contributed by atoms with Crippen molar-refractivity contribution in [3.8, 4) is 6.07 Å². The molecule has 136 valence electrons. The van der Waals surface area contributed by atoms with Gasteiger partial charge in [-0.15, -0.1) is 12.4 Å². The summed E-state index contributed by atoms with van der Waals surface area (Å²) in [7, 11) is -3.49. The Balaban J connectivity index is 0.00000225. The predicted molar refractivity (Wildman–Crippen MR) is 96.2 cm³/mol. The minimum atomic E-state index is -3.49. The molecule has 1 saturated heterocycles. The van der Waals surface area contributed by atoms with Crippen LogP contribution in [0.25, 0.3) is 0 Å². The van der Waals surface area contributed by atoms with Gasteiger partial charge in [-0.3, -0.25) is 4.79 Å². The number of nitriles is 1. The molecular formula is C17H22ClN3O3S. The number of benzene rings is 1. The molecule has 0 spiro atoms. The maximum Gasteiger partial charge on any atom is 0.238 e. The molecule has 2 aliphatic rings. The number of carbonyl (C=O) groups is 1. The highest BCUT2D eigenvalue weighted by atomic mass is 35.5. The van der Waals surface area contributed by atoms with E-state index >= 15 is 0 Å². The molecule has 0 bridgehead atoms. The number of carbonyl (C=O) groups excluding carboxylic acids is 1. The number of nitrogens with one attached hydrogen (secondary N) is 2. The standard InChI is InChI=1S/C17H21N3O3S.ClH/c1-2-12-5-3-4-6-15(12)24(22,23)13-9-14(19-10-13)16(21)20-17(11-18)7-8-17;/h3-6,13-14,19H,2,7-10H2,1H3,(H,20,21);1H/t13-,14+;/m1./s1. The van der Waals surface area contributed by atoms with Gasteiger partial charge in [-0.05, 0) is 37.3 Å². The van der Waals surface area contributed by atoms with Crippen LogP contribution in [-0.4, -0.2) is 37.7 Å². The van der Waals surface area contributed by atoms with E-state index in [9.17, 15) is 13.2 Å². The van der Waals surface area contributed by atoms with Crippen molar-refractivity contribution in [2.75, 3.05) is 6.54 Å². The van der Waals surface area contributed by atoms with E-state index in [0.717, 1.165) is 5.56 Å². The summed E-state index contributed by atoms with van der Waals surface area (Å²) in [5.74, 6) is -0.282. The number of hydrogen-bond acceptors (Lipinski definition) is 5. The van der Waals surface area contributed by atoms with E-state index in [0.29, 0.717) is 24.2 Å². The van der Waals surface area contributed by atoms with Gasteiger partial charge in [0.05, 0.1) is 22.3 Å². The highest BCUT2D eigenvalue weighted by molar-refractivity contribution is 7.92. The number of sulfone groups is 1. The molecule has 0 aromatic heterocycles. The van der Waals surface area contributed by atoms with Gasteiger partial charge < -0.3 is 10.6 Å². The fourth-order valence-corrected chi connectivity index (χ4v) is 5.07. The molecule has 8 heteroatoms. The summed E-state index contributed by atoms with van der Waals surface area (Å²) in [5, 5.41) is 14.2. The molecule has 2 atom stereocenters. The fraction of sp³-hybridized carbons (Fsp3) is 0.529. The normalized spacial score (nSPS) is 24.0. The summed E-state index contributed by atoms with van der Waals surface area (Å²) in [6.07, 6.45) is 2.19.